The van der Waals surface area contributed by atoms with Gasteiger partial charge in [-0.2, -0.15) is 0 Å². The van der Waals surface area contributed by atoms with Gasteiger partial charge < -0.3 is 18.7 Å². The van der Waals surface area contributed by atoms with E-state index in [9.17, 15) is 0 Å². The summed E-state index contributed by atoms with van der Waals surface area (Å²) in [5, 5.41) is 4.14. The molecule has 0 atom stereocenters. The van der Waals surface area contributed by atoms with E-state index in [1.54, 1.807) is 0 Å². The molecule has 180 valence electrons. The summed E-state index contributed by atoms with van der Waals surface area (Å²) in [5.74, 6) is 0.842. The first kappa shape index (κ1) is 24.2. The van der Waals surface area contributed by atoms with E-state index in [1.165, 1.54) is 11.3 Å². The predicted molar refractivity (Wildman–Crippen MR) is 143 cm³/mol. The fraction of sp³-hybridized carbons (Fsp3) is 0.407. The van der Waals surface area contributed by atoms with Crippen LogP contribution in [-0.2, 0) is 11.5 Å². The van der Waals surface area contributed by atoms with E-state index in [0.29, 0.717) is 6.73 Å². The van der Waals surface area contributed by atoms with Crippen molar-refractivity contribution in [3.8, 4) is 11.1 Å². The van der Waals surface area contributed by atoms with Crippen LogP contribution in [0, 0.1) is 20.8 Å². The topological polar surface area (TPSA) is 56.3 Å². The van der Waals surface area contributed by atoms with Crippen molar-refractivity contribution in [3.05, 3.63) is 59.7 Å². The SMILES string of the molecule is CCN(c1ccc2ncn(COCC[Si](C)(C)C)c2c1)c1cc(-c2c(C)noc2C)ccc1C. The molecule has 4 aromatic rings. The lowest BCUT2D eigenvalue weighted by Crippen LogP contribution is -2.22. The monoisotopic (exact) mass is 476 g/mol. The number of fused-ring (bicyclic) bond motifs is 1. The van der Waals surface area contributed by atoms with Crippen LogP contribution in [0.15, 0.2) is 47.2 Å². The summed E-state index contributed by atoms with van der Waals surface area (Å²) in [4.78, 5) is 6.93. The van der Waals surface area contributed by atoms with E-state index in [1.807, 2.05) is 20.2 Å². The number of imidazole rings is 1. The highest BCUT2D eigenvalue weighted by molar-refractivity contribution is 6.76. The third kappa shape index (κ3) is 5.10. The Morgan fingerprint density at radius 1 is 1.06 bits per heavy atom. The lowest BCUT2D eigenvalue weighted by atomic mass is 10.0. The van der Waals surface area contributed by atoms with Crippen molar-refractivity contribution >= 4 is 30.5 Å². The highest BCUT2D eigenvalue weighted by atomic mass is 28.3. The summed E-state index contributed by atoms with van der Waals surface area (Å²) in [5.41, 5.74) is 8.71. The van der Waals surface area contributed by atoms with E-state index in [2.05, 4.69) is 89.5 Å². The lowest BCUT2D eigenvalue weighted by Gasteiger charge is -2.26. The molecule has 7 heteroatoms. The van der Waals surface area contributed by atoms with Crippen LogP contribution in [0.3, 0.4) is 0 Å². The molecule has 2 aromatic carbocycles. The smallest absolute Gasteiger partial charge is 0.141 e. The molecule has 4 rings (SSSR count). The first-order valence-electron chi connectivity index (χ1n) is 12.0. The molecule has 0 unspecified atom stereocenters. The third-order valence-corrected chi connectivity index (χ3v) is 7.99. The van der Waals surface area contributed by atoms with Crippen LogP contribution in [0.5, 0.6) is 0 Å². The van der Waals surface area contributed by atoms with Crippen molar-refractivity contribution in [1.82, 2.24) is 14.7 Å². The van der Waals surface area contributed by atoms with Crippen molar-refractivity contribution in [2.45, 2.75) is 60.1 Å². The summed E-state index contributed by atoms with van der Waals surface area (Å²) in [6.07, 6.45) is 1.88. The van der Waals surface area contributed by atoms with Gasteiger partial charge in [0.05, 0.1) is 23.1 Å². The Hall–Kier alpha value is -2.90. The number of ether oxygens (including phenoxy) is 1. The summed E-state index contributed by atoms with van der Waals surface area (Å²) >= 11 is 0. The second kappa shape index (κ2) is 9.76. The average Bonchev–Trinajstić information content (AvgIpc) is 3.35. The quantitative estimate of drug-likeness (QED) is 0.191. The van der Waals surface area contributed by atoms with Gasteiger partial charge in [0.2, 0.25) is 0 Å². The molecule has 0 fully saturated rings. The third-order valence-electron chi connectivity index (χ3n) is 6.28. The van der Waals surface area contributed by atoms with Crippen LogP contribution in [0.2, 0.25) is 25.7 Å². The van der Waals surface area contributed by atoms with E-state index < -0.39 is 8.07 Å². The average molecular weight is 477 g/mol. The van der Waals surface area contributed by atoms with Crippen LogP contribution in [-0.4, -0.2) is 35.9 Å². The molecule has 0 bridgehead atoms. The highest BCUT2D eigenvalue weighted by Gasteiger charge is 2.17. The fourth-order valence-corrected chi connectivity index (χ4v) is 5.06. The summed E-state index contributed by atoms with van der Waals surface area (Å²) in [6.45, 7) is 17.6. The molecule has 34 heavy (non-hydrogen) atoms. The van der Waals surface area contributed by atoms with Gasteiger partial charge in [0.15, 0.2) is 0 Å². The second-order valence-corrected chi connectivity index (χ2v) is 15.8. The van der Waals surface area contributed by atoms with Gasteiger partial charge in [0.1, 0.15) is 12.5 Å². The lowest BCUT2D eigenvalue weighted by molar-refractivity contribution is 0.0898. The molecule has 0 saturated carbocycles. The maximum atomic E-state index is 6.00. The molecule has 2 aromatic heterocycles. The van der Waals surface area contributed by atoms with Gasteiger partial charge in [-0.15, -0.1) is 0 Å². The number of benzene rings is 2. The van der Waals surface area contributed by atoms with Crippen LogP contribution < -0.4 is 4.90 Å². The largest absolute Gasteiger partial charge is 0.361 e. The minimum atomic E-state index is -1.10. The number of nitrogens with zero attached hydrogens (tertiary/aromatic N) is 4. The van der Waals surface area contributed by atoms with Gasteiger partial charge in [-0.25, -0.2) is 4.98 Å². The number of aryl methyl sites for hydroxylation is 3. The van der Waals surface area contributed by atoms with Crippen LogP contribution >= 0.6 is 0 Å². The van der Waals surface area contributed by atoms with E-state index in [0.717, 1.165) is 58.5 Å². The fourth-order valence-electron chi connectivity index (χ4n) is 4.30. The van der Waals surface area contributed by atoms with Gasteiger partial charge in [0.25, 0.3) is 0 Å². The normalized spacial score (nSPS) is 12.0. The van der Waals surface area contributed by atoms with Crippen LogP contribution in [0.4, 0.5) is 11.4 Å². The summed E-state index contributed by atoms with van der Waals surface area (Å²) in [6, 6.07) is 14.2. The van der Waals surface area contributed by atoms with E-state index >= 15 is 0 Å². The molecule has 6 nitrogen and oxygen atoms in total. The zero-order chi connectivity index (χ0) is 24.5. The zero-order valence-corrected chi connectivity index (χ0v) is 22.5. The van der Waals surface area contributed by atoms with Crippen LogP contribution in [0.25, 0.3) is 22.2 Å². The summed E-state index contributed by atoms with van der Waals surface area (Å²) in [7, 11) is -1.10. The molecular weight excluding hydrogens is 440 g/mol. The van der Waals surface area contributed by atoms with Crippen LogP contribution in [0.1, 0.15) is 23.9 Å². The van der Waals surface area contributed by atoms with Gasteiger partial charge >= 0.3 is 0 Å². The van der Waals surface area contributed by atoms with Gasteiger partial charge in [-0.1, -0.05) is 36.9 Å². The molecule has 0 N–H and O–H groups in total. The molecule has 0 saturated heterocycles. The van der Waals surface area contributed by atoms with Crippen molar-refractivity contribution in [2.75, 3.05) is 18.1 Å². The van der Waals surface area contributed by atoms with Crippen molar-refractivity contribution in [2.24, 2.45) is 0 Å². The number of rotatable bonds is 9. The molecular formula is C27H36N4O2Si. The maximum absolute atomic E-state index is 6.00. The van der Waals surface area contributed by atoms with Gasteiger partial charge in [-0.3, -0.25) is 0 Å². The van der Waals surface area contributed by atoms with E-state index in [4.69, 9.17) is 9.26 Å². The maximum Gasteiger partial charge on any atom is 0.141 e. The number of aromatic nitrogens is 3. The minimum absolute atomic E-state index is 0.525. The Labute approximate surface area is 203 Å². The molecule has 2 heterocycles. The first-order valence-corrected chi connectivity index (χ1v) is 15.7. The first-order chi connectivity index (χ1) is 16.2. The highest BCUT2D eigenvalue weighted by Crippen LogP contribution is 2.35. The Morgan fingerprint density at radius 3 is 2.53 bits per heavy atom. The zero-order valence-electron chi connectivity index (χ0n) is 21.5. The van der Waals surface area contributed by atoms with Crippen molar-refractivity contribution in [1.29, 1.82) is 0 Å². The molecule has 0 aliphatic carbocycles. The Morgan fingerprint density at radius 2 is 1.85 bits per heavy atom. The van der Waals surface area contributed by atoms with Gasteiger partial charge in [0, 0.05) is 38.2 Å². The predicted octanol–water partition coefficient (Wildman–Crippen LogP) is 7.09. The standard InChI is InChI=1S/C27H36N4O2Si/c1-8-31(25-15-22(10-9-19(25)2)27-20(3)29-33-21(27)4)23-11-12-24-26(16-23)30(17-28-24)18-32-13-14-34(5,6)7/h9-12,15-17H,8,13-14,18H2,1-7H3. The second-order valence-electron chi connectivity index (χ2n) is 10.2. The molecule has 0 amide bonds. The number of anilines is 2. The number of hydrogen-bond acceptors (Lipinski definition) is 5. The summed E-state index contributed by atoms with van der Waals surface area (Å²) < 4.78 is 13.5. The molecule has 0 aliphatic heterocycles. The van der Waals surface area contributed by atoms with Crippen molar-refractivity contribution < 1.29 is 9.26 Å². The molecule has 0 spiro atoms. The minimum Gasteiger partial charge on any atom is -0.361 e. The Balaban J connectivity index is 1.65. The Bertz CT molecular complexity index is 1270. The molecule has 0 radical (unpaired) electrons. The van der Waals surface area contributed by atoms with Crippen molar-refractivity contribution in [3.63, 3.8) is 0 Å². The van der Waals surface area contributed by atoms with Gasteiger partial charge in [-0.05, 0) is 69.1 Å². The molecule has 0 aliphatic rings. The Kier molecular flexibility index (Phi) is 6.95. The number of hydrogen-bond donors (Lipinski definition) is 0. The van der Waals surface area contributed by atoms with E-state index in [-0.39, 0.29) is 0 Å².